The molecule has 0 aliphatic carbocycles. The minimum Gasteiger partial charge on any atom is -0.471 e. The smallest absolute Gasteiger partial charge is 0.416 e. The van der Waals surface area contributed by atoms with Crippen LogP contribution in [0.1, 0.15) is 11.1 Å². The maximum Gasteiger partial charge on any atom is 0.416 e. The first-order valence-corrected chi connectivity index (χ1v) is 8.35. The van der Waals surface area contributed by atoms with E-state index < -0.39 is 20.0 Å². The van der Waals surface area contributed by atoms with E-state index in [1.807, 2.05) is 0 Å². The largest absolute Gasteiger partial charge is 0.471 e. The molecular formula is C10H8Cl2F3NO4S. The van der Waals surface area contributed by atoms with Crippen LogP contribution in [0.15, 0.2) is 29.4 Å². The van der Waals surface area contributed by atoms with E-state index in [1.54, 1.807) is 0 Å². The molecule has 0 saturated carbocycles. The Kier molecular flexibility index (Phi) is 6.11. The van der Waals surface area contributed by atoms with Gasteiger partial charge in [-0.15, -0.1) is 0 Å². The van der Waals surface area contributed by atoms with Crippen LogP contribution in [0, 0.1) is 0 Å². The molecule has 0 saturated heterocycles. The van der Waals surface area contributed by atoms with Gasteiger partial charge in [-0.1, -0.05) is 6.07 Å². The van der Waals surface area contributed by atoms with Crippen LogP contribution >= 0.6 is 21.4 Å². The van der Waals surface area contributed by atoms with E-state index in [9.17, 15) is 13.2 Å². The van der Waals surface area contributed by atoms with Crippen molar-refractivity contribution < 1.29 is 31.2 Å². The van der Waals surface area contributed by atoms with Gasteiger partial charge >= 0.3 is 14.4 Å². The monoisotopic (exact) mass is 365 g/mol. The summed E-state index contributed by atoms with van der Waals surface area (Å²) in [4.78, 5) is 4.74. The van der Waals surface area contributed by atoms with E-state index in [4.69, 9.17) is 18.0 Å². The molecule has 1 aromatic rings. The summed E-state index contributed by atoms with van der Waals surface area (Å²) < 4.78 is 60.7. The summed E-state index contributed by atoms with van der Waals surface area (Å²) >= 11 is 0. The molecule has 2 rings (SSSR count). The number of nitrogens with zero attached hydrogens (tertiary/aromatic N) is 1. The summed E-state index contributed by atoms with van der Waals surface area (Å²) in [5, 5.41) is 3.55. The highest BCUT2D eigenvalue weighted by Crippen LogP contribution is 2.29. The maximum atomic E-state index is 12.4. The highest BCUT2D eigenvalue weighted by Gasteiger charge is 2.31. The zero-order valence-corrected chi connectivity index (χ0v) is 12.4. The number of oxime groups is 1. The van der Waals surface area contributed by atoms with E-state index >= 15 is 0 Å². The molecule has 1 aliphatic rings. The Bertz CT molecular complexity index is 611. The Labute approximate surface area is 127 Å². The SMILES string of the molecule is FC(F)(F)c1cccc(C2=NOCCO2)c1.O=S(=O)(Cl)Cl. The Morgan fingerprint density at radius 3 is 2.29 bits per heavy atom. The van der Waals surface area contributed by atoms with Gasteiger partial charge in [-0.2, -0.15) is 21.6 Å². The molecular weight excluding hydrogens is 358 g/mol. The van der Waals surface area contributed by atoms with Gasteiger partial charge in [-0.25, -0.2) is 0 Å². The number of alkyl halides is 3. The standard InChI is InChI=1S/C10H8F3NO2.Cl2O2S/c11-10(12,13)8-3-1-2-7(6-8)9-14-16-5-4-15-9;1-5(2,3)4/h1-3,6H,4-5H2;. The fourth-order valence-corrected chi connectivity index (χ4v) is 1.27. The van der Waals surface area contributed by atoms with Crippen molar-refractivity contribution in [1.29, 1.82) is 0 Å². The van der Waals surface area contributed by atoms with Gasteiger partial charge < -0.3 is 9.57 Å². The van der Waals surface area contributed by atoms with Crippen LogP contribution in [-0.4, -0.2) is 27.5 Å². The van der Waals surface area contributed by atoms with Gasteiger partial charge in [0.15, 0.2) is 6.61 Å². The van der Waals surface area contributed by atoms with Crippen molar-refractivity contribution in [3.05, 3.63) is 35.4 Å². The van der Waals surface area contributed by atoms with Crippen molar-refractivity contribution in [1.82, 2.24) is 0 Å². The zero-order chi connectivity index (χ0) is 16.1. The average molecular weight is 366 g/mol. The van der Waals surface area contributed by atoms with E-state index in [0.717, 1.165) is 12.1 Å². The second-order valence-corrected chi connectivity index (χ2v) is 7.20. The summed E-state index contributed by atoms with van der Waals surface area (Å²) in [7, 11) is 4.81. The van der Waals surface area contributed by atoms with Gasteiger partial charge in [-0.3, -0.25) is 0 Å². The summed E-state index contributed by atoms with van der Waals surface area (Å²) in [5.41, 5.74) is -0.476. The lowest BCUT2D eigenvalue weighted by Gasteiger charge is -2.14. The molecule has 0 amide bonds. The molecule has 0 aromatic heterocycles. The average Bonchev–Trinajstić information content (AvgIpc) is 2.37. The van der Waals surface area contributed by atoms with Crippen molar-refractivity contribution in [2.45, 2.75) is 6.18 Å². The molecule has 21 heavy (non-hydrogen) atoms. The Morgan fingerprint density at radius 1 is 1.19 bits per heavy atom. The fourth-order valence-electron chi connectivity index (χ4n) is 1.27. The first-order chi connectivity index (χ1) is 9.57. The first-order valence-electron chi connectivity index (χ1n) is 5.22. The Hall–Kier alpha value is -1.19. The van der Waals surface area contributed by atoms with Crippen molar-refractivity contribution in [3.8, 4) is 0 Å². The molecule has 0 bridgehead atoms. The van der Waals surface area contributed by atoms with E-state index in [1.165, 1.54) is 12.1 Å². The fraction of sp³-hybridized carbons (Fsp3) is 0.300. The zero-order valence-electron chi connectivity index (χ0n) is 10.1. The first kappa shape index (κ1) is 17.9. The maximum absolute atomic E-state index is 12.4. The highest BCUT2D eigenvalue weighted by atomic mass is 36.0. The van der Waals surface area contributed by atoms with Crippen LogP contribution in [0.5, 0.6) is 0 Å². The third-order valence-corrected chi connectivity index (χ3v) is 2.00. The van der Waals surface area contributed by atoms with Crippen molar-refractivity contribution in [3.63, 3.8) is 0 Å². The number of hydrogen-bond acceptors (Lipinski definition) is 5. The minimum absolute atomic E-state index is 0.0809. The van der Waals surface area contributed by atoms with E-state index in [2.05, 4.69) is 26.5 Å². The van der Waals surface area contributed by atoms with Gasteiger partial charge in [0.05, 0.1) is 5.56 Å². The van der Waals surface area contributed by atoms with Gasteiger partial charge in [0.1, 0.15) is 6.61 Å². The van der Waals surface area contributed by atoms with Gasteiger partial charge in [-0.05, 0) is 23.4 Å². The molecule has 1 aliphatic heterocycles. The molecule has 11 heteroatoms. The normalized spacial score (nSPS) is 15.0. The molecule has 5 nitrogen and oxygen atoms in total. The quantitative estimate of drug-likeness (QED) is 0.717. The van der Waals surface area contributed by atoms with Crippen molar-refractivity contribution in [2.24, 2.45) is 5.16 Å². The topological polar surface area (TPSA) is 65.0 Å². The molecule has 0 unspecified atom stereocenters. The van der Waals surface area contributed by atoms with Crippen LogP contribution in [0.2, 0.25) is 0 Å². The van der Waals surface area contributed by atoms with Crippen LogP contribution in [0.25, 0.3) is 0 Å². The highest BCUT2D eigenvalue weighted by molar-refractivity contribution is 8.31. The van der Waals surface area contributed by atoms with Gasteiger partial charge in [0.2, 0.25) is 0 Å². The Morgan fingerprint density at radius 2 is 1.81 bits per heavy atom. The minimum atomic E-state index is -4.37. The number of rotatable bonds is 1. The van der Waals surface area contributed by atoms with Gasteiger partial charge in [0.25, 0.3) is 5.90 Å². The summed E-state index contributed by atoms with van der Waals surface area (Å²) in [6.07, 6.45) is -4.37. The van der Waals surface area contributed by atoms with E-state index in [0.29, 0.717) is 6.61 Å². The number of halogens is 5. The number of benzene rings is 1. The van der Waals surface area contributed by atoms with Crippen LogP contribution in [-0.2, 0) is 24.0 Å². The van der Waals surface area contributed by atoms with Crippen LogP contribution in [0.4, 0.5) is 13.2 Å². The molecule has 0 radical (unpaired) electrons. The summed E-state index contributed by atoms with van der Waals surface area (Å²) in [6.45, 7) is 0.595. The Balaban J connectivity index is 0.000000383. The third kappa shape index (κ3) is 7.39. The molecule has 0 N–H and O–H groups in total. The second kappa shape index (κ2) is 7.19. The predicted octanol–water partition coefficient (Wildman–Crippen LogP) is 3.12. The van der Waals surface area contributed by atoms with Crippen LogP contribution < -0.4 is 0 Å². The van der Waals surface area contributed by atoms with Crippen molar-refractivity contribution >= 4 is 35.5 Å². The lowest BCUT2D eigenvalue weighted by Crippen LogP contribution is -2.17. The van der Waals surface area contributed by atoms with E-state index in [-0.39, 0.29) is 18.1 Å². The van der Waals surface area contributed by atoms with Crippen molar-refractivity contribution in [2.75, 3.05) is 13.2 Å². The molecule has 118 valence electrons. The predicted molar refractivity (Wildman–Crippen MR) is 70.5 cm³/mol. The molecule has 0 spiro atoms. The summed E-state index contributed by atoms with van der Waals surface area (Å²) in [6, 6.07) is 4.77. The number of hydrogen-bond donors (Lipinski definition) is 0. The number of ether oxygens (including phenoxy) is 1. The lowest BCUT2D eigenvalue weighted by atomic mass is 10.1. The molecule has 1 aromatic carbocycles. The molecule has 1 heterocycles. The third-order valence-electron chi connectivity index (χ3n) is 2.00. The molecule has 0 fully saturated rings. The lowest BCUT2D eigenvalue weighted by molar-refractivity contribution is -0.137. The second-order valence-electron chi connectivity index (χ2n) is 3.54. The van der Waals surface area contributed by atoms with Crippen LogP contribution in [0.3, 0.4) is 0 Å². The summed E-state index contributed by atoms with van der Waals surface area (Å²) in [5.74, 6) is 0.0809. The van der Waals surface area contributed by atoms with Gasteiger partial charge in [0, 0.05) is 26.9 Å². The molecule has 0 atom stereocenters.